The van der Waals surface area contributed by atoms with Crippen LogP contribution in [-0.2, 0) is 4.74 Å². The van der Waals surface area contributed by atoms with E-state index in [2.05, 4.69) is 5.32 Å². The minimum Gasteiger partial charge on any atom is -0.489 e. The number of rotatable bonds is 8. The normalized spacial score (nSPS) is 13.3. The van der Waals surface area contributed by atoms with Gasteiger partial charge in [-0.2, -0.15) is 0 Å². The molecule has 0 aromatic heterocycles. The molecule has 0 saturated carbocycles. The average Bonchev–Trinajstić information content (AvgIpc) is 2.37. The second-order valence-corrected chi connectivity index (χ2v) is 5.40. The highest BCUT2D eigenvalue weighted by Gasteiger charge is 2.16. The second kappa shape index (κ2) is 7.70. The summed E-state index contributed by atoms with van der Waals surface area (Å²) in [6, 6.07) is 7.20. The summed E-state index contributed by atoms with van der Waals surface area (Å²) in [5.41, 5.74) is -0.247. The van der Waals surface area contributed by atoms with Crippen LogP contribution >= 0.6 is 11.6 Å². The molecule has 2 N–H and O–H groups in total. The molecule has 0 radical (unpaired) electrons. The number of ether oxygens (including phenoxy) is 2. The summed E-state index contributed by atoms with van der Waals surface area (Å²) >= 11 is 5.95. The fourth-order valence-corrected chi connectivity index (χ4v) is 1.61. The molecular formula is C14H22ClNO3. The minimum atomic E-state index is -0.594. The zero-order valence-electron chi connectivity index (χ0n) is 11.6. The molecular weight excluding hydrogens is 266 g/mol. The lowest BCUT2D eigenvalue weighted by Crippen LogP contribution is -2.41. The van der Waals surface area contributed by atoms with E-state index in [1.165, 1.54) is 0 Å². The van der Waals surface area contributed by atoms with E-state index in [9.17, 15) is 5.11 Å². The Kier molecular flexibility index (Phi) is 6.58. The average molecular weight is 288 g/mol. The van der Waals surface area contributed by atoms with E-state index in [-0.39, 0.29) is 12.2 Å². The van der Waals surface area contributed by atoms with E-state index < -0.39 is 6.10 Å². The standard InChI is InChI=1S/C14H22ClNO3/c1-14(2,18-3)10-16-8-11(17)9-19-13-7-5-4-6-12(13)15/h4-7,11,16-17H,8-10H2,1-3H3. The third-order valence-electron chi connectivity index (χ3n) is 2.75. The van der Waals surface area contributed by atoms with E-state index in [0.717, 1.165) is 0 Å². The van der Waals surface area contributed by atoms with Crippen molar-refractivity contribution in [1.29, 1.82) is 0 Å². The van der Waals surface area contributed by atoms with E-state index >= 15 is 0 Å². The Morgan fingerprint density at radius 3 is 2.68 bits per heavy atom. The monoisotopic (exact) mass is 287 g/mol. The van der Waals surface area contributed by atoms with Crippen molar-refractivity contribution in [2.24, 2.45) is 0 Å². The van der Waals surface area contributed by atoms with Crippen LogP contribution < -0.4 is 10.1 Å². The lowest BCUT2D eigenvalue weighted by molar-refractivity contribution is 0.0191. The van der Waals surface area contributed by atoms with E-state index in [4.69, 9.17) is 21.1 Å². The Morgan fingerprint density at radius 2 is 2.05 bits per heavy atom. The number of halogens is 1. The SMILES string of the molecule is COC(C)(C)CNCC(O)COc1ccccc1Cl. The first-order chi connectivity index (χ1) is 8.94. The zero-order chi connectivity index (χ0) is 14.3. The maximum Gasteiger partial charge on any atom is 0.138 e. The summed E-state index contributed by atoms with van der Waals surface area (Å²) in [5.74, 6) is 0.584. The molecule has 0 saturated heterocycles. The number of methoxy groups -OCH3 is 1. The second-order valence-electron chi connectivity index (χ2n) is 4.99. The molecule has 1 atom stereocenters. The summed E-state index contributed by atoms with van der Waals surface area (Å²) in [4.78, 5) is 0. The number of benzene rings is 1. The van der Waals surface area contributed by atoms with Crippen LogP contribution in [0.3, 0.4) is 0 Å². The van der Waals surface area contributed by atoms with Gasteiger partial charge in [-0.05, 0) is 26.0 Å². The quantitative estimate of drug-likeness (QED) is 0.769. The predicted molar refractivity (Wildman–Crippen MR) is 76.9 cm³/mol. The van der Waals surface area contributed by atoms with Crippen molar-refractivity contribution >= 4 is 11.6 Å². The summed E-state index contributed by atoms with van der Waals surface area (Å²) < 4.78 is 10.7. The molecule has 19 heavy (non-hydrogen) atoms. The van der Waals surface area contributed by atoms with Gasteiger partial charge in [-0.15, -0.1) is 0 Å². The smallest absolute Gasteiger partial charge is 0.138 e. The summed E-state index contributed by atoms with van der Waals surface area (Å²) in [6.45, 7) is 5.26. The fraction of sp³-hybridized carbons (Fsp3) is 0.571. The molecule has 4 nitrogen and oxygen atoms in total. The maximum absolute atomic E-state index is 9.80. The number of aliphatic hydroxyl groups is 1. The van der Waals surface area contributed by atoms with Crippen LogP contribution in [0, 0.1) is 0 Å². The summed E-state index contributed by atoms with van der Waals surface area (Å²) in [5, 5.41) is 13.5. The highest BCUT2D eigenvalue weighted by molar-refractivity contribution is 6.32. The van der Waals surface area contributed by atoms with Crippen molar-refractivity contribution in [3.05, 3.63) is 29.3 Å². The van der Waals surface area contributed by atoms with Gasteiger partial charge in [0.05, 0.1) is 10.6 Å². The maximum atomic E-state index is 9.80. The summed E-state index contributed by atoms with van der Waals surface area (Å²) in [6.07, 6.45) is -0.594. The van der Waals surface area contributed by atoms with Gasteiger partial charge in [0.25, 0.3) is 0 Å². The molecule has 0 bridgehead atoms. The number of hydrogen-bond acceptors (Lipinski definition) is 4. The van der Waals surface area contributed by atoms with E-state index in [0.29, 0.717) is 23.9 Å². The number of nitrogens with one attached hydrogen (secondary N) is 1. The van der Waals surface area contributed by atoms with Crippen molar-refractivity contribution in [1.82, 2.24) is 5.32 Å². The molecule has 1 rings (SSSR count). The van der Waals surface area contributed by atoms with E-state index in [1.54, 1.807) is 19.2 Å². The van der Waals surface area contributed by atoms with Crippen LogP contribution in [0.2, 0.25) is 5.02 Å². The first kappa shape index (κ1) is 16.2. The molecule has 5 heteroatoms. The first-order valence-corrected chi connectivity index (χ1v) is 6.63. The van der Waals surface area contributed by atoms with Crippen LogP contribution in [0.1, 0.15) is 13.8 Å². The first-order valence-electron chi connectivity index (χ1n) is 6.26. The molecule has 0 fully saturated rings. The number of para-hydroxylation sites is 1. The molecule has 0 aliphatic heterocycles. The largest absolute Gasteiger partial charge is 0.489 e. The molecule has 0 amide bonds. The fourth-order valence-electron chi connectivity index (χ4n) is 1.42. The van der Waals surface area contributed by atoms with Gasteiger partial charge in [0.15, 0.2) is 0 Å². The number of hydrogen-bond donors (Lipinski definition) is 2. The Balaban J connectivity index is 2.25. The third-order valence-corrected chi connectivity index (χ3v) is 3.06. The van der Waals surface area contributed by atoms with Gasteiger partial charge in [0.2, 0.25) is 0 Å². The molecule has 0 aliphatic carbocycles. The van der Waals surface area contributed by atoms with Crippen molar-refractivity contribution in [2.75, 3.05) is 26.8 Å². The Morgan fingerprint density at radius 1 is 1.37 bits per heavy atom. The van der Waals surface area contributed by atoms with Gasteiger partial charge < -0.3 is 19.9 Å². The van der Waals surface area contributed by atoms with Gasteiger partial charge in [-0.3, -0.25) is 0 Å². The third kappa shape index (κ3) is 6.25. The van der Waals surface area contributed by atoms with Gasteiger partial charge in [-0.25, -0.2) is 0 Å². The van der Waals surface area contributed by atoms with Crippen LogP contribution in [0.25, 0.3) is 0 Å². The van der Waals surface area contributed by atoms with Crippen molar-refractivity contribution < 1.29 is 14.6 Å². The van der Waals surface area contributed by atoms with Crippen molar-refractivity contribution in [2.45, 2.75) is 25.6 Å². The minimum absolute atomic E-state index is 0.199. The molecule has 1 aromatic rings. The highest BCUT2D eigenvalue weighted by atomic mass is 35.5. The van der Waals surface area contributed by atoms with Gasteiger partial charge in [0, 0.05) is 20.2 Å². The van der Waals surface area contributed by atoms with Crippen LogP contribution in [0.15, 0.2) is 24.3 Å². The molecule has 108 valence electrons. The van der Waals surface area contributed by atoms with Crippen molar-refractivity contribution in [3.63, 3.8) is 0 Å². The zero-order valence-corrected chi connectivity index (χ0v) is 12.4. The van der Waals surface area contributed by atoms with Crippen molar-refractivity contribution in [3.8, 4) is 5.75 Å². The molecule has 1 unspecified atom stereocenters. The Labute approximate surface area is 119 Å². The topological polar surface area (TPSA) is 50.7 Å². The summed E-state index contributed by atoms with van der Waals surface area (Å²) in [7, 11) is 1.67. The van der Waals surface area contributed by atoms with Gasteiger partial charge >= 0.3 is 0 Å². The highest BCUT2D eigenvalue weighted by Crippen LogP contribution is 2.23. The van der Waals surface area contributed by atoms with Crippen LogP contribution in [-0.4, -0.2) is 43.6 Å². The van der Waals surface area contributed by atoms with E-state index in [1.807, 2.05) is 26.0 Å². The molecule has 0 aliphatic rings. The van der Waals surface area contributed by atoms with Gasteiger partial charge in [-0.1, -0.05) is 23.7 Å². The molecule has 1 aromatic carbocycles. The Bertz CT molecular complexity index is 385. The predicted octanol–water partition coefficient (Wildman–Crippen LogP) is 2.09. The number of aliphatic hydroxyl groups excluding tert-OH is 1. The lowest BCUT2D eigenvalue weighted by Gasteiger charge is -2.24. The van der Waals surface area contributed by atoms with Crippen LogP contribution in [0.4, 0.5) is 0 Å². The molecule has 0 spiro atoms. The van der Waals surface area contributed by atoms with Crippen LogP contribution in [0.5, 0.6) is 5.75 Å². The van der Waals surface area contributed by atoms with Gasteiger partial charge in [0.1, 0.15) is 18.5 Å². The Hall–Kier alpha value is -0.810. The lowest BCUT2D eigenvalue weighted by atomic mass is 10.1. The molecule has 0 heterocycles.